The van der Waals surface area contributed by atoms with Crippen LogP contribution in [0.5, 0.6) is 0 Å². The number of hydrogen-bond acceptors (Lipinski definition) is 3. The van der Waals surface area contributed by atoms with Crippen LogP contribution in [-0.4, -0.2) is 37.8 Å². The van der Waals surface area contributed by atoms with Crippen LogP contribution in [0.1, 0.15) is 19.4 Å². The maximum Gasteiger partial charge on any atom is 0.137 e. The highest BCUT2D eigenvalue weighted by Crippen LogP contribution is 2.26. The summed E-state index contributed by atoms with van der Waals surface area (Å²) in [5.74, 6) is 1.41. The molecule has 1 N–H and O–H groups in total. The van der Waals surface area contributed by atoms with E-state index in [1.807, 2.05) is 20.2 Å². The van der Waals surface area contributed by atoms with Crippen LogP contribution in [0, 0.1) is 11.7 Å². The number of halogens is 1. The summed E-state index contributed by atoms with van der Waals surface area (Å²) >= 11 is 1.60. The fraction of sp³-hybridized carbons (Fsp3) is 0.600. The van der Waals surface area contributed by atoms with Crippen molar-refractivity contribution in [1.29, 1.82) is 0 Å². The van der Waals surface area contributed by atoms with Gasteiger partial charge in [0.2, 0.25) is 0 Å². The van der Waals surface area contributed by atoms with Gasteiger partial charge in [-0.15, -0.1) is 11.8 Å². The molecule has 0 saturated carbocycles. The van der Waals surface area contributed by atoms with E-state index in [1.54, 1.807) is 23.9 Å². The van der Waals surface area contributed by atoms with Crippen LogP contribution in [0.15, 0.2) is 23.1 Å². The zero-order valence-corrected chi connectivity index (χ0v) is 13.2. The van der Waals surface area contributed by atoms with Gasteiger partial charge in [0.15, 0.2) is 0 Å². The first-order valence-electron chi connectivity index (χ1n) is 6.76. The van der Waals surface area contributed by atoms with Crippen LogP contribution in [-0.2, 0) is 6.54 Å². The van der Waals surface area contributed by atoms with Crippen LogP contribution < -0.4 is 5.32 Å². The van der Waals surface area contributed by atoms with Gasteiger partial charge in [-0.25, -0.2) is 4.39 Å². The average Bonchev–Trinajstić information content (AvgIpc) is 2.31. The molecule has 0 aromatic heterocycles. The summed E-state index contributed by atoms with van der Waals surface area (Å²) < 4.78 is 13.9. The van der Waals surface area contributed by atoms with Crippen LogP contribution in [0.25, 0.3) is 0 Å². The number of nitrogens with zero attached hydrogens (tertiary/aromatic N) is 1. The molecule has 0 bridgehead atoms. The molecule has 0 radical (unpaired) electrons. The molecule has 0 atom stereocenters. The Morgan fingerprint density at radius 3 is 2.68 bits per heavy atom. The van der Waals surface area contributed by atoms with Crippen molar-refractivity contribution in [2.75, 3.05) is 32.9 Å². The minimum atomic E-state index is -0.104. The van der Waals surface area contributed by atoms with Crippen LogP contribution in [0.4, 0.5) is 4.39 Å². The average molecular weight is 284 g/mol. The number of hydrogen-bond donors (Lipinski definition) is 1. The van der Waals surface area contributed by atoms with Gasteiger partial charge in [0.05, 0.1) is 0 Å². The second-order valence-corrected chi connectivity index (χ2v) is 6.51. The third-order valence-electron chi connectivity index (χ3n) is 2.70. The smallest absolute Gasteiger partial charge is 0.137 e. The van der Waals surface area contributed by atoms with Gasteiger partial charge in [-0.3, -0.25) is 0 Å². The van der Waals surface area contributed by atoms with Gasteiger partial charge in [0.25, 0.3) is 0 Å². The molecule has 0 saturated heterocycles. The van der Waals surface area contributed by atoms with Gasteiger partial charge in [0.1, 0.15) is 5.82 Å². The van der Waals surface area contributed by atoms with Crippen molar-refractivity contribution in [3.63, 3.8) is 0 Å². The highest BCUT2D eigenvalue weighted by atomic mass is 32.2. The van der Waals surface area contributed by atoms with E-state index in [4.69, 9.17) is 0 Å². The van der Waals surface area contributed by atoms with Crippen molar-refractivity contribution in [1.82, 2.24) is 10.2 Å². The van der Waals surface area contributed by atoms with Gasteiger partial charge < -0.3 is 10.2 Å². The fourth-order valence-corrected chi connectivity index (χ4v) is 2.87. The third kappa shape index (κ3) is 6.41. The Balaban J connectivity index is 2.61. The van der Waals surface area contributed by atoms with Crippen molar-refractivity contribution < 1.29 is 4.39 Å². The summed E-state index contributed by atoms with van der Waals surface area (Å²) in [4.78, 5) is 2.91. The van der Waals surface area contributed by atoms with Crippen molar-refractivity contribution in [3.05, 3.63) is 29.6 Å². The fourth-order valence-electron chi connectivity index (χ4n) is 1.68. The Labute approximate surface area is 120 Å². The van der Waals surface area contributed by atoms with E-state index in [0.29, 0.717) is 5.92 Å². The number of benzene rings is 1. The summed E-state index contributed by atoms with van der Waals surface area (Å²) in [6.07, 6.45) is 0. The maximum absolute atomic E-state index is 13.9. The molecule has 0 unspecified atom stereocenters. The Morgan fingerprint density at radius 2 is 2.05 bits per heavy atom. The van der Waals surface area contributed by atoms with E-state index in [1.165, 1.54) is 0 Å². The minimum Gasteiger partial charge on any atom is -0.312 e. The molecule has 0 amide bonds. The Hall–Kier alpha value is -0.580. The molecule has 1 aromatic rings. The molecule has 19 heavy (non-hydrogen) atoms. The predicted octanol–water partition coefficient (Wildman–Crippen LogP) is 3.23. The molecule has 0 spiro atoms. The summed E-state index contributed by atoms with van der Waals surface area (Å²) in [5, 5.41) is 3.38. The molecule has 1 rings (SSSR count). The molecule has 1 aromatic carbocycles. The first-order chi connectivity index (χ1) is 9.00. The van der Waals surface area contributed by atoms with Crippen LogP contribution in [0.2, 0.25) is 0 Å². The second kappa shape index (κ2) is 8.56. The lowest BCUT2D eigenvalue weighted by Gasteiger charge is -2.14. The highest BCUT2D eigenvalue weighted by Gasteiger charge is 2.09. The number of nitrogens with one attached hydrogen (secondary N) is 1. The molecule has 108 valence electrons. The van der Waals surface area contributed by atoms with E-state index >= 15 is 0 Å². The Morgan fingerprint density at radius 1 is 1.32 bits per heavy atom. The molecule has 0 aliphatic carbocycles. The maximum atomic E-state index is 13.9. The van der Waals surface area contributed by atoms with E-state index in [9.17, 15) is 4.39 Å². The first kappa shape index (κ1) is 16.5. The molecular formula is C15H25FN2S. The topological polar surface area (TPSA) is 15.3 Å². The summed E-state index contributed by atoms with van der Waals surface area (Å²) in [6, 6.07) is 5.34. The van der Waals surface area contributed by atoms with E-state index < -0.39 is 0 Å². The first-order valence-corrected chi connectivity index (χ1v) is 7.75. The Bertz CT molecular complexity index is 380. The van der Waals surface area contributed by atoms with Crippen LogP contribution >= 0.6 is 11.8 Å². The largest absolute Gasteiger partial charge is 0.312 e. The number of thioether (sulfide) groups is 1. The lowest BCUT2D eigenvalue weighted by atomic mass is 10.2. The predicted molar refractivity (Wildman–Crippen MR) is 82.2 cm³/mol. The lowest BCUT2D eigenvalue weighted by molar-refractivity contribution is 0.437. The van der Waals surface area contributed by atoms with E-state index in [-0.39, 0.29) is 5.82 Å². The van der Waals surface area contributed by atoms with Crippen LogP contribution in [0.3, 0.4) is 0 Å². The molecule has 0 fully saturated rings. The van der Waals surface area contributed by atoms with Gasteiger partial charge in [-0.05, 0) is 38.2 Å². The van der Waals surface area contributed by atoms with Crippen molar-refractivity contribution >= 4 is 11.8 Å². The molecule has 0 aliphatic rings. The number of rotatable bonds is 8. The summed E-state index contributed by atoms with van der Waals surface area (Å²) in [7, 11) is 4.07. The van der Waals surface area contributed by atoms with Gasteiger partial charge >= 0.3 is 0 Å². The Kier molecular flexibility index (Phi) is 7.42. The molecule has 0 aliphatic heterocycles. The summed E-state index contributed by atoms with van der Waals surface area (Å²) in [5.41, 5.74) is 1.06. The standard InChI is InChI=1S/C15H25FN2S/c1-12(2)10-17-11-13-6-5-7-14(16)15(13)19-9-8-18(3)4/h5-7,12,17H,8-11H2,1-4H3. The molecular weight excluding hydrogens is 259 g/mol. The van der Waals surface area contributed by atoms with Gasteiger partial charge in [-0.1, -0.05) is 26.0 Å². The lowest BCUT2D eigenvalue weighted by Crippen LogP contribution is -2.19. The third-order valence-corrected chi connectivity index (χ3v) is 3.83. The van der Waals surface area contributed by atoms with E-state index in [0.717, 1.165) is 35.8 Å². The van der Waals surface area contributed by atoms with Crippen molar-refractivity contribution in [2.24, 2.45) is 5.92 Å². The minimum absolute atomic E-state index is 0.104. The quantitative estimate of drug-likeness (QED) is 0.738. The van der Waals surface area contributed by atoms with Crippen molar-refractivity contribution in [2.45, 2.75) is 25.3 Å². The second-order valence-electron chi connectivity index (χ2n) is 5.40. The van der Waals surface area contributed by atoms with E-state index in [2.05, 4.69) is 24.1 Å². The highest BCUT2D eigenvalue weighted by molar-refractivity contribution is 7.99. The zero-order valence-electron chi connectivity index (χ0n) is 12.4. The summed E-state index contributed by atoms with van der Waals surface area (Å²) in [6.45, 7) is 6.99. The van der Waals surface area contributed by atoms with Gasteiger partial charge in [0, 0.05) is 23.7 Å². The molecule has 4 heteroatoms. The molecule has 0 heterocycles. The van der Waals surface area contributed by atoms with Crippen molar-refractivity contribution in [3.8, 4) is 0 Å². The monoisotopic (exact) mass is 284 g/mol. The molecule has 2 nitrogen and oxygen atoms in total. The SMILES string of the molecule is CC(C)CNCc1cccc(F)c1SCCN(C)C. The zero-order chi connectivity index (χ0) is 14.3. The normalized spacial score (nSPS) is 11.5. The van der Waals surface area contributed by atoms with Gasteiger partial charge in [-0.2, -0.15) is 0 Å².